The van der Waals surface area contributed by atoms with Crippen LogP contribution in [0.1, 0.15) is 31.7 Å². The topological polar surface area (TPSA) is 63.6 Å². The quantitative estimate of drug-likeness (QED) is 0.369. The molecule has 0 bridgehead atoms. The van der Waals surface area contributed by atoms with E-state index in [-0.39, 0.29) is 6.10 Å². The highest BCUT2D eigenvalue weighted by Crippen LogP contribution is 2.27. The molecule has 0 heterocycles. The van der Waals surface area contributed by atoms with E-state index in [1.165, 1.54) is 0 Å². The summed E-state index contributed by atoms with van der Waals surface area (Å²) in [5, 5.41) is 9.63. The minimum atomic E-state index is -1.71. The maximum Gasteiger partial charge on any atom is 0.322 e. The molecule has 0 fully saturated rings. The third-order valence-corrected chi connectivity index (χ3v) is 4.40. The first-order chi connectivity index (χ1) is 11.2. The highest BCUT2D eigenvalue weighted by atomic mass is 28.3. The number of rotatable bonds is 6. The van der Waals surface area contributed by atoms with Gasteiger partial charge >= 0.3 is 11.9 Å². The number of benzene rings is 1. The third kappa shape index (κ3) is 6.21. The standard InChI is InChI=1S/C19H26O4Si/c1-6-14(2)23-19(22)17(18(20)21)16(12-13-24(3,4)5)15-10-8-7-9-11-15/h7-11,14,16-17H,6H2,1-5H3,(H,20,21). The first-order valence-corrected chi connectivity index (χ1v) is 11.7. The summed E-state index contributed by atoms with van der Waals surface area (Å²) in [5.74, 6) is -0.917. The van der Waals surface area contributed by atoms with Gasteiger partial charge in [-0.1, -0.05) is 56.9 Å². The molecule has 0 radical (unpaired) electrons. The minimum absolute atomic E-state index is 0.319. The number of carboxylic acid groups (broad SMARTS) is 1. The first kappa shape index (κ1) is 20.0. The summed E-state index contributed by atoms with van der Waals surface area (Å²) >= 11 is 0. The van der Waals surface area contributed by atoms with Crippen LogP contribution in [0.5, 0.6) is 0 Å². The summed E-state index contributed by atoms with van der Waals surface area (Å²) in [7, 11) is -1.71. The van der Waals surface area contributed by atoms with Crippen LogP contribution in [0.15, 0.2) is 30.3 Å². The molecule has 1 N–H and O–H groups in total. The molecule has 130 valence electrons. The molecule has 3 atom stereocenters. The zero-order chi connectivity index (χ0) is 18.3. The molecule has 4 nitrogen and oxygen atoms in total. The van der Waals surface area contributed by atoms with Gasteiger partial charge in [0.2, 0.25) is 0 Å². The van der Waals surface area contributed by atoms with Crippen LogP contribution >= 0.6 is 0 Å². The molecule has 0 saturated carbocycles. The monoisotopic (exact) mass is 346 g/mol. The van der Waals surface area contributed by atoms with Gasteiger partial charge in [0, 0.05) is 0 Å². The largest absolute Gasteiger partial charge is 0.481 e. The number of carbonyl (C=O) groups is 2. The number of hydrogen-bond donors (Lipinski definition) is 1. The Kier molecular flexibility index (Phi) is 7.24. The Hall–Kier alpha value is -2.06. The van der Waals surface area contributed by atoms with Crippen molar-refractivity contribution in [2.24, 2.45) is 5.92 Å². The zero-order valence-corrected chi connectivity index (χ0v) is 16.0. The smallest absolute Gasteiger partial charge is 0.322 e. The lowest BCUT2D eigenvalue weighted by Crippen LogP contribution is -2.33. The van der Waals surface area contributed by atoms with Crippen molar-refractivity contribution in [3.8, 4) is 11.5 Å². The van der Waals surface area contributed by atoms with Gasteiger partial charge in [-0.25, -0.2) is 0 Å². The average Bonchev–Trinajstić information content (AvgIpc) is 2.50. The lowest BCUT2D eigenvalue weighted by Gasteiger charge is -2.21. The molecule has 1 aromatic rings. The highest BCUT2D eigenvalue weighted by molar-refractivity contribution is 6.83. The highest BCUT2D eigenvalue weighted by Gasteiger charge is 2.37. The fraction of sp³-hybridized carbons (Fsp3) is 0.474. The van der Waals surface area contributed by atoms with Crippen LogP contribution in [0, 0.1) is 17.4 Å². The van der Waals surface area contributed by atoms with Gasteiger partial charge < -0.3 is 9.84 Å². The van der Waals surface area contributed by atoms with Crippen molar-refractivity contribution in [1.29, 1.82) is 0 Å². The first-order valence-electron chi connectivity index (χ1n) is 8.16. The fourth-order valence-electron chi connectivity index (χ4n) is 2.05. The maximum atomic E-state index is 12.4. The molecule has 0 aromatic heterocycles. The van der Waals surface area contributed by atoms with Gasteiger partial charge in [0.15, 0.2) is 5.92 Å². The molecular weight excluding hydrogens is 320 g/mol. The van der Waals surface area contributed by atoms with Crippen LogP contribution in [0.2, 0.25) is 19.6 Å². The summed E-state index contributed by atoms with van der Waals surface area (Å²) in [4.78, 5) is 24.2. The summed E-state index contributed by atoms with van der Waals surface area (Å²) < 4.78 is 5.28. The Balaban J connectivity index is 3.28. The van der Waals surface area contributed by atoms with E-state index in [9.17, 15) is 14.7 Å². The lowest BCUT2D eigenvalue weighted by molar-refractivity contribution is -0.162. The molecule has 0 saturated heterocycles. The van der Waals surface area contributed by atoms with Crippen molar-refractivity contribution in [2.45, 2.75) is 51.9 Å². The van der Waals surface area contributed by atoms with E-state index < -0.39 is 31.8 Å². The normalized spacial score (nSPS) is 14.7. The van der Waals surface area contributed by atoms with Crippen LogP contribution in [0.4, 0.5) is 0 Å². The predicted octanol–water partition coefficient (Wildman–Crippen LogP) is 3.69. The number of carboxylic acids is 1. The number of hydrogen-bond acceptors (Lipinski definition) is 3. The third-order valence-electron chi connectivity index (χ3n) is 3.51. The molecule has 5 heteroatoms. The second kappa shape index (κ2) is 8.70. The van der Waals surface area contributed by atoms with Crippen LogP contribution in [-0.4, -0.2) is 31.2 Å². The number of ether oxygens (including phenoxy) is 1. The molecule has 0 spiro atoms. The second-order valence-electron chi connectivity index (χ2n) is 6.88. The fourth-order valence-corrected chi connectivity index (χ4v) is 2.64. The van der Waals surface area contributed by atoms with Gasteiger partial charge in [-0.15, -0.1) is 11.5 Å². The Morgan fingerprint density at radius 2 is 1.79 bits per heavy atom. The molecule has 0 aliphatic heterocycles. The SMILES string of the molecule is CCC(C)OC(=O)C(C(=O)O)C(C#C[Si](C)(C)C)c1ccccc1. The van der Waals surface area contributed by atoms with Crippen LogP contribution in [0.25, 0.3) is 0 Å². The van der Waals surface area contributed by atoms with E-state index >= 15 is 0 Å². The van der Waals surface area contributed by atoms with Crippen LogP contribution < -0.4 is 0 Å². The molecular formula is C19H26O4Si. The summed E-state index contributed by atoms with van der Waals surface area (Å²) in [6.45, 7) is 9.87. The minimum Gasteiger partial charge on any atom is -0.481 e. The van der Waals surface area contributed by atoms with E-state index in [1.54, 1.807) is 19.1 Å². The van der Waals surface area contributed by atoms with E-state index in [0.29, 0.717) is 6.42 Å². The summed E-state index contributed by atoms with van der Waals surface area (Å²) in [6, 6.07) is 9.08. The van der Waals surface area contributed by atoms with Crippen LogP contribution in [0.3, 0.4) is 0 Å². The lowest BCUT2D eigenvalue weighted by atomic mass is 9.86. The van der Waals surface area contributed by atoms with E-state index in [2.05, 4.69) is 31.1 Å². The van der Waals surface area contributed by atoms with Crippen LogP contribution in [-0.2, 0) is 14.3 Å². The summed E-state index contributed by atoms with van der Waals surface area (Å²) in [6.07, 6.45) is 0.315. The molecule has 0 amide bonds. The predicted molar refractivity (Wildman–Crippen MR) is 97.3 cm³/mol. The molecule has 0 aliphatic rings. The van der Waals surface area contributed by atoms with E-state index in [1.807, 2.05) is 25.1 Å². The number of aliphatic carboxylic acids is 1. The summed E-state index contributed by atoms with van der Waals surface area (Å²) in [5.41, 5.74) is 3.91. The Morgan fingerprint density at radius 1 is 1.21 bits per heavy atom. The van der Waals surface area contributed by atoms with Gasteiger partial charge in [-0.3, -0.25) is 9.59 Å². The molecule has 3 unspecified atom stereocenters. The van der Waals surface area contributed by atoms with Crippen molar-refractivity contribution >= 4 is 20.0 Å². The number of carbonyl (C=O) groups excluding carboxylic acids is 1. The van der Waals surface area contributed by atoms with E-state index in [4.69, 9.17) is 4.74 Å². The van der Waals surface area contributed by atoms with Crippen molar-refractivity contribution in [1.82, 2.24) is 0 Å². The maximum absolute atomic E-state index is 12.4. The second-order valence-corrected chi connectivity index (χ2v) is 11.6. The molecule has 1 aromatic carbocycles. The van der Waals surface area contributed by atoms with Gasteiger partial charge in [0.1, 0.15) is 8.07 Å². The van der Waals surface area contributed by atoms with Gasteiger partial charge in [0.05, 0.1) is 12.0 Å². The van der Waals surface area contributed by atoms with Crippen molar-refractivity contribution in [2.75, 3.05) is 0 Å². The number of esters is 1. The van der Waals surface area contributed by atoms with Gasteiger partial charge in [-0.2, -0.15) is 0 Å². The van der Waals surface area contributed by atoms with Gasteiger partial charge in [-0.05, 0) is 18.9 Å². The van der Waals surface area contributed by atoms with Gasteiger partial charge in [0.25, 0.3) is 0 Å². The van der Waals surface area contributed by atoms with E-state index in [0.717, 1.165) is 5.56 Å². The Bertz CT molecular complexity index is 622. The molecule has 1 rings (SSSR count). The van der Waals surface area contributed by atoms with Crippen molar-refractivity contribution < 1.29 is 19.4 Å². The van der Waals surface area contributed by atoms with Crippen molar-refractivity contribution in [3.05, 3.63) is 35.9 Å². The Labute approximate surface area is 145 Å². The zero-order valence-electron chi connectivity index (χ0n) is 15.0. The average molecular weight is 346 g/mol. The molecule has 0 aliphatic carbocycles. The Morgan fingerprint density at radius 3 is 2.25 bits per heavy atom. The molecule has 24 heavy (non-hydrogen) atoms. The van der Waals surface area contributed by atoms with Crippen molar-refractivity contribution in [3.63, 3.8) is 0 Å².